The summed E-state index contributed by atoms with van der Waals surface area (Å²) >= 11 is 1.39. The predicted octanol–water partition coefficient (Wildman–Crippen LogP) is 3.67. The molecule has 4 aromatic rings. The van der Waals surface area contributed by atoms with Gasteiger partial charge in [-0.2, -0.15) is 0 Å². The highest BCUT2D eigenvalue weighted by atomic mass is 32.2. The minimum Gasteiger partial charge on any atom is -0.496 e. The third-order valence-electron chi connectivity index (χ3n) is 4.36. The zero-order valence-electron chi connectivity index (χ0n) is 15.6. The van der Waals surface area contributed by atoms with E-state index in [0.29, 0.717) is 22.3 Å². The van der Waals surface area contributed by atoms with Crippen molar-refractivity contribution in [3.05, 3.63) is 88.2 Å². The fourth-order valence-electron chi connectivity index (χ4n) is 2.91. The molecule has 4 rings (SSSR count). The van der Waals surface area contributed by atoms with E-state index in [1.54, 1.807) is 23.8 Å². The molecule has 0 unspecified atom stereocenters. The first-order valence-corrected chi connectivity index (χ1v) is 9.85. The molecule has 0 bridgehead atoms. The van der Waals surface area contributed by atoms with Crippen LogP contribution < -0.4 is 10.3 Å². The Balaban J connectivity index is 1.75. The Bertz CT molecular complexity index is 1210. The van der Waals surface area contributed by atoms with Crippen LogP contribution in [0.4, 0.5) is 4.39 Å². The molecule has 0 aliphatic heterocycles. The Morgan fingerprint density at radius 1 is 1.07 bits per heavy atom. The summed E-state index contributed by atoms with van der Waals surface area (Å²) in [6.07, 6.45) is 2.98. The van der Waals surface area contributed by atoms with Crippen molar-refractivity contribution in [2.45, 2.75) is 17.5 Å². The summed E-state index contributed by atoms with van der Waals surface area (Å²) in [5.41, 5.74) is 2.03. The molecule has 0 aliphatic rings. The quantitative estimate of drug-likeness (QED) is 0.358. The van der Waals surface area contributed by atoms with Crippen LogP contribution in [-0.2, 0) is 12.3 Å². The second-order valence-electron chi connectivity index (χ2n) is 6.24. The maximum absolute atomic E-state index is 13.2. The van der Waals surface area contributed by atoms with E-state index in [1.165, 1.54) is 36.3 Å². The number of rotatable bonds is 6. The Morgan fingerprint density at radius 3 is 2.62 bits per heavy atom. The van der Waals surface area contributed by atoms with Crippen LogP contribution in [0.5, 0.6) is 5.75 Å². The Hall–Kier alpha value is -3.26. The average Bonchev–Trinajstić information content (AvgIpc) is 2.76. The molecule has 0 N–H and O–H groups in total. The molecule has 0 amide bonds. The van der Waals surface area contributed by atoms with Crippen molar-refractivity contribution in [1.29, 1.82) is 0 Å². The van der Waals surface area contributed by atoms with Gasteiger partial charge in [-0.05, 0) is 23.8 Å². The number of ether oxygens (including phenoxy) is 1. The van der Waals surface area contributed by atoms with E-state index >= 15 is 0 Å². The van der Waals surface area contributed by atoms with E-state index in [4.69, 9.17) is 4.74 Å². The number of methoxy groups -OCH3 is 1. The van der Waals surface area contributed by atoms with Gasteiger partial charge in [0.1, 0.15) is 11.6 Å². The lowest BCUT2D eigenvalue weighted by molar-refractivity contribution is 0.407. The standard InChI is InChI=1S/C21H17FN4O2S/c1-28-17-5-3-2-4-15(17)12-26-20(27)18-19(24-11-10-23-18)25-21(26)29-13-14-6-8-16(22)9-7-14/h2-11H,12-13H2,1H3. The van der Waals surface area contributed by atoms with E-state index in [9.17, 15) is 9.18 Å². The summed E-state index contributed by atoms with van der Waals surface area (Å²) in [7, 11) is 1.59. The van der Waals surface area contributed by atoms with Gasteiger partial charge in [-0.15, -0.1) is 0 Å². The number of fused-ring (bicyclic) bond motifs is 1. The fraction of sp³-hybridized carbons (Fsp3) is 0.143. The minimum atomic E-state index is -0.286. The van der Waals surface area contributed by atoms with E-state index in [0.717, 1.165) is 11.1 Å². The molecular weight excluding hydrogens is 391 g/mol. The highest BCUT2D eigenvalue weighted by Crippen LogP contribution is 2.24. The second-order valence-corrected chi connectivity index (χ2v) is 7.18. The van der Waals surface area contributed by atoms with Gasteiger partial charge in [0, 0.05) is 23.7 Å². The van der Waals surface area contributed by atoms with Crippen molar-refractivity contribution in [3.8, 4) is 5.75 Å². The zero-order valence-corrected chi connectivity index (χ0v) is 16.4. The van der Waals surface area contributed by atoms with Crippen molar-refractivity contribution >= 4 is 22.9 Å². The van der Waals surface area contributed by atoms with Crippen LogP contribution in [0.25, 0.3) is 11.2 Å². The monoisotopic (exact) mass is 408 g/mol. The molecule has 0 fully saturated rings. The number of nitrogens with zero attached hydrogens (tertiary/aromatic N) is 4. The molecule has 29 heavy (non-hydrogen) atoms. The molecule has 8 heteroatoms. The van der Waals surface area contributed by atoms with Crippen molar-refractivity contribution in [3.63, 3.8) is 0 Å². The number of para-hydroxylation sites is 1. The summed E-state index contributed by atoms with van der Waals surface area (Å²) in [4.78, 5) is 26.0. The van der Waals surface area contributed by atoms with Gasteiger partial charge in [-0.1, -0.05) is 42.1 Å². The molecule has 2 heterocycles. The normalized spacial score (nSPS) is 11.0. The Morgan fingerprint density at radius 2 is 1.83 bits per heavy atom. The van der Waals surface area contributed by atoms with Crippen LogP contribution in [0.2, 0.25) is 0 Å². The molecule has 146 valence electrons. The molecule has 0 atom stereocenters. The smallest absolute Gasteiger partial charge is 0.282 e. The van der Waals surface area contributed by atoms with E-state index in [2.05, 4.69) is 15.0 Å². The van der Waals surface area contributed by atoms with Crippen LogP contribution in [0.1, 0.15) is 11.1 Å². The number of halogens is 1. The number of hydrogen-bond donors (Lipinski definition) is 0. The molecule has 0 aliphatic carbocycles. The Kier molecular flexibility index (Phi) is 5.53. The highest BCUT2D eigenvalue weighted by Gasteiger charge is 2.15. The maximum Gasteiger partial charge on any atom is 0.282 e. The highest BCUT2D eigenvalue weighted by molar-refractivity contribution is 7.98. The minimum absolute atomic E-state index is 0.216. The summed E-state index contributed by atoms with van der Waals surface area (Å²) < 4.78 is 20.2. The van der Waals surface area contributed by atoms with Crippen molar-refractivity contribution in [1.82, 2.24) is 19.5 Å². The SMILES string of the molecule is COc1ccccc1Cn1c(SCc2ccc(F)cc2)nc2nccnc2c1=O. The van der Waals surface area contributed by atoms with Gasteiger partial charge in [0.15, 0.2) is 16.3 Å². The van der Waals surface area contributed by atoms with Crippen LogP contribution in [0.15, 0.2) is 70.9 Å². The lowest BCUT2D eigenvalue weighted by atomic mass is 10.2. The van der Waals surface area contributed by atoms with Gasteiger partial charge in [-0.3, -0.25) is 9.36 Å². The summed E-state index contributed by atoms with van der Waals surface area (Å²) in [5, 5.41) is 0.512. The molecule has 2 aromatic heterocycles. The summed E-state index contributed by atoms with van der Waals surface area (Å²) in [6.45, 7) is 0.286. The number of thioether (sulfide) groups is 1. The summed E-state index contributed by atoms with van der Waals surface area (Å²) in [5.74, 6) is 0.934. The molecular formula is C21H17FN4O2S. The third kappa shape index (κ3) is 4.12. The van der Waals surface area contributed by atoms with Crippen LogP contribution in [-0.4, -0.2) is 26.6 Å². The van der Waals surface area contributed by atoms with Gasteiger partial charge in [0.05, 0.1) is 13.7 Å². The molecule has 0 saturated carbocycles. The molecule has 0 saturated heterocycles. The molecule has 0 radical (unpaired) electrons. The topological polar surface area (TPSA) is 69.9 Å². The van der Waals surface area contributed by atoms with Crippen molar-refractivity contribution in [2.75, 3.05) is 7.11 Å². The maximum atomic E-state index is 13.2. The van der Waals surface area contributed by atoms with Crippen molar-refractivity contribution in [2.24, 2.45) is 0 Å². The molecule has 0 spiro atoms. The second kappa shape index (κ2) is 8.40. The lowest BCUT2D eigenvalue weighted by Crippen LogP contribution is -2.25. The van der Waals surface area contributed by atoms with Gasteiger partial charge in [0.2, 0.25) is 0 Å². The fourth-order valence-corrected chi connectivity index (χ4v) is 3.85. The predicted molar refractivity (Wildman–Crippen MR) is 110 cm³/mol. The van der Waals surface area contributed by atoms with Gasteiger partial charge < -0.3 is 4.74 Å². The number of hydrogen-bond acceptors (Lipinski definition) is 6. The van der Waals surface area contributed by atoms with Crippen LogP contribution in [0, 0.1) is 5.82 Å². The van der Waals surface area contributed by atoms with E-state index in [-0.39, 0.29) is 23.4 Å². The average molecular weight is 408 g/mol. The van der Waals surface area contributed by atoms with Crippen molar-refractivity contribution < 1.29 is 9.13 Å². The molecule has 6 nitrogen and oxygen atoms in total. The third-order valence-corrected chi connectivity index (χ3v) is 5.41. The number of benzene rings is 2. The van der Waals surface area contributed by atoms with Gasteiger partial charge >= 0.3 is 0 Å². The largest absolute Gasteiger partial charge is 0.496 e. The van der Waals surface area contributed by atoms with E-state index in [1.807, 2.05) is 24.3 Å². The van der Waals surface area contributed by atoms with Crippen LogP contribution >= 0.6 is 11.8 Å². The Labute approximate surface area is 170 Å². The van der Waals surface area contributed by atoms with Gasteiger partial charge in [-0.25, -0.2) is 19.3 Å². The zero-order chi connectivity index (χ0) is 20.2. The first-order valence-electron chi connectivity index (χ1n) is 8.86. The van der Waals surface area contributed by atoms with E-state index < -0.39 is 0 Å². The lowest BCUT2D eigenvalue weighted by Gasteiger charge is -2.14. The summed E-state index contributed by atoms with van der Waals surface area (Å²) in [6, 6.07) is 13.8. The first kappa shape index (κ1) is 19.1. The van der Waals surface area contributed by atoms with Gasteiger partial charge in [0.25, 0.3) is 5.56 Å². The number of aromatic nitrogens is 4. The first-order chi connectivity index (χ1) is 14.2. The van der Waals surface area contributed by atoms with Crippen LogP contribution in [0.3, 0.4) is 0 Å². The molecule has 2 aromatic carbocycles.